The van der Waals surface area contributed by atoms with Gasteiger partial charge < -0.3 is 9.52 Å². The fraction of sp³-hybridized carbons (Fsp3) is 0.357. The Morgan fingerprint density at radius 1 is 1.37 bits per heavy atom. The highest BCUT2D eigenvalue weighted by atomic mass is 79.9. The van der Waals surface area contributed by atoms with Crippen molar-refractivity contribution in [3.63, 3.8) is 0 Å². The molecule has 0 spiro atoms. The van der Waals surface area contributed by atoms with E-state index in [2.05, 4.69) is 31.9 Å². The Bertz CT molecular complexity index is 676. The summed E-state index contributed by atoms with van der Waals surface area (Å²) in [4.78, 5) is 11.7. The minimum absolute atomic E-state index is 0.201. The molecule has 0 aliphatic carbocycles. The molecule has 0 amide bonds. The molecular weight excluding hydrogens is 376 g/mol. The van der Waals surface area contributed by atoms with Crippen molar-refractivity contribution in [3.8, 4) is 5.75 Å². The summed E-state index contributed by atoms with van der Waals surface area (Å²) < 4.78 is 5.20. The van der Waals surface area contributed by atoms with Crippen LogP contribution in [0.3, 0.4) is 0 Å². The van der Waals surface area contributed by atoms with E-state index in [4.69, 9.17) is 4.42 Å². The van der Waals surface area contributed by atoms with Gasteiger partial charge in [0.15, 0.2) is 0 Å². The van der Waals surface area contributed by atoms with E-state index in [1.165, 1.54) is 6.07 Å². The summed E-state index contributed by atoms with van der Waals surface area (Å²) in [5.41, 5.74) is 2.40. The number of hydrogen-bond donors (Lipinski definition) is 1. The number of benzene rings is 1. The van der Waals surface area contributed by atoms with Crippen LogP contribution in [-0.2, 0) is 6.42 Å². The van der Waals surface area contributed by atoms with Gasteiger partial charge in [0.05, 0.1) is 0 Å². The van der Waals surface area contributed by atoms with Gasteiger partial charge in [0.2, 0.25) is 0 Å². The smallest absolute Gasteiger partial charge is 0.336 e. The van der Waals surface area contributed by atoms with Crippen LogP contribution in [0.15, 0.2) is 21.3 Å². The molecule has 2 rings (SSSR count). The van der Waals surface area contributed by atoms with Gasteiger partial charge in [0.1, 0.15) is 11.3 Å². The summed E-state index contributed by atoms with van der Waals surface area (Å²) in [5.74, 6) is 0.201. The molecule has 0 saturated carbocycles. The van der Waals surface area contributed by atoms with E-state index < -0.39 is 0 Å². The van der Waals surface area contributed by atoms with Crippen molar-refractivity contribution in [2.24, 2.45) is 0 Å². The molecule has 0 bridgehead atoms. The first kappa shape index (κ1) is 14.6. The fourth-order valence-corrected chi connectivity index (χ4v) is 2.69. The average Bonchev–Trinajstić information content (AvgIpc) is 2.36. The normalized spacial score (nSPS) is 12.8. The van der Waals surface area contributed by atoms with E-state index in [-0.39, 0.29) is 16.2 Å². The van der Waals surface area contributed by atoms with Gasteiger partial charge in [0, 0.05) is 27.2 Å². The second-order valence-corrected chi connectivity index (χ2v) is 6.53. The van der Waals surface area contributed by atoms with Crippen LogP contribution in [0.4, 0.5) is 0 Å². The number of halogens is 2. The molecule has 1 heterocycles. The standard InChI is InChI=1S/C14H14Br2O3/c1-7-3-12(17)19-14-8(2)13(18)9(5-11(7)14)4-10(16)6-15/h3,5,10,18H,4,6H2,1-2H3. The lowest BCUT2D eigenvalue weighted by molar-refractivity contribution is 0.461. The Morgan fingerprint density at radius 3 is 2.68 bits per heavy atom. The number of phenolic OH excluding ortho intramolecular Hbond substituents is 1. The van der Waals surface area contributed by atoms with Gasteiger partial charge in [-0.1, -0.05) is 31.9 Å². The van der Waals surface area contributed by atoms with Gasteiger partial charge in [-0.15, -0.1) is 0 Å². The third-order valence-electron chi connectivity index (χ3n) is 3.13. The summed E-state index contributed by atoms with van der Waals surface area (Å²) >= 11 is 6.94. The largest absolute Gasteiger partial charge is 0.507 e. The number of fused-ring (bicyclic) bond motifs is 1. The number of rotatable bonds is 3. The van der Waals surface area contributed by atoms with Crippen LogP contribution in [0.5, 0.6) is 5.75 Å². The molecule has 1 aromatic heterocycles. The minimum Gasteiger partial charge on any atom is -0.507 e. The maximum Gasteiger partial charge on any atom is 0.336 e. The number of phenols is 1. The predicted octanol–water partition coefficient (Wildman–Crippen LogP) is 3.82. The van der Waals surface area contributed by atoms with Gasteiger partial charge in [-0.25, -0.2) is 4.79 Å². The van der Waals surface area contributed by atoms with Crippen LogP contribution in [0.2, 0.25) is 0 Å². The van der Waals surface area contributed by atoms with Crippen molar-refractivity contribution < 1.29 is 9.52 Å². The second kappa shape index (κ2) is 5.67. The number of aryl methyl sites for hydroxylation is 2. The van der Waals surface area contributed by atoms with E-state index in [9.17, 15) is 9.90 Å². The summed E-state index contributed by atoms with van der Waals surface area (Å²) in [5, 5.41) is 11.9. The first-order valence-electron chi connectivity index (χ1n) is 5.90. The summed E-state index contributed by atoms with van der Waals surface area (Å²) in [6.45, 7) is 3.64. The topological polar surface area (TPSA) is 50.4 Å². The Kier molecular flexibility index (Phi) is 4.36. The maximum absolute atomic E-state index is 11.4. The summed E-state index contributed by atoms with van der Waals surface area (Å²) in [6, 6.07) is 3.37. The Hall–Kier alpha value is -0.810. The molecule has 1 atom stereocenters. The zero-order valence-corrected chi connectivity index (χ0v) is 13.8. The monoisotopic (exact) mass is 388 g/mol. The number of alkyl halides is 2. The first-order valence-corrected chi connectivity index (χ1v) is 7.93. The second-order valence-electron chi connectivity index (χ2n) is 4.59. The van der Waals surface area contributed by atoms with Gasteiger partial charge in [-0.3, -0.25) is 0 Å². The molecule has 5 heteroatoms. The Morgan fingerprint density at radius 2 is 2.05 bits per heavy atom. The van der Waals surface area contributed by atoms with E-state index in [1.54, 1.807) is 6.92 Å². The minimum atomic E-state index is -0.390. The predicted molar refractivity (Wildman–Crippen MR) is 83.8 cm³/mol. The van der Waals surface area contributed by atoms with Crippen molar-refractivity contribution in [1.29, 1.82) is 0 Å². The number of aromatic hydroxyl groups is 1. The van der Waals surface area contributed by atoms with Crippen LogP contribution < -0.4 is 5.63 Å². The molecule has 0 aliphatic heterocycles. The molecule has 19 heavy (non-hydrogen) atoms. The van der Waals surface area contributed by atoms with Crippen molar-refractivity contribution >= 4 is 42.8 Å². The quantitative estimate of drug-likeness (QED) is 0.641. The average molecular weight is 390 g/mol. The molecule has 0 radical (unpaired) electrons. The molecular formula is C14H14Br2O3. The van der Waals surface area contributed by atoms with Gasteiger partial charge in [-0.05, 0) is 37.5 Å². The summed E-state index contributed by atoms with van der Waals surface area (Å²) in [7, 11) is 0. The first-order chi connectivity index (χ1) is 8.93. The summed E-state index contributed by atoms with van der Waals surface area (Å²) in [6.07, 6.45) is 0.701. The molecule has 1 aromatic carbocycles. The lowest BCUT2D eigenvalue weighted by atomic mass is 10.00. The lowest BCUT2D eigenvalue weighted by Gasteiger charge is -2.13. The van der Waals surface area contributed by atoms with E-state index in [0.29, 0.717) is 17.6 Å². The SMILES string of the molecule is Cc1cc(=O)oc2c(C)c(O)c(CC(Br)CBr)cc12. The van der Waals surface area contributed by atoms with Crippen LogP contribution in [-0.4, -0.2) is 15.3 Å². The Labute approximate surface area is 127 Å². The van der Waals surface area contributed by atoms with E-state index >= 15 is 0 Å². The molecule has 2 aromatic rings. The van der Waals surface area contributed by atoms with Gasteiger partial charge in [0.25, 0.3) is 0 Å². The highest BCUT2D eigenvalue weighted by Gasteiger charge is 2.15. The van der Waals surface area contributed by atoms with Crippen LogP contribution in [0.1, 0.15) is 16.7 Å². The maximum atomic E-state index is 11.4. The van der Waals surface area contributed by atoms with Gasteiger partial charge in [-0.2, -0.15) is 0 Å². The number of hydrogen-bond acceptors (Lipinski definition) is 3. The van der Waals surface area contributed by atoms with Crippen molar-refractivity contribution in [1.82, 2.24) is 0 Å². The van der Waals surface area contributed by atoms with Crippen LogP contribution in [0.25, 0.3) is 11.0 Å². The van der Waals surface area contributed by atoms with Crippen LogP contribution >= 0.6 is 31.9 Å². The third kappa shape index (κ3) is 2.87. The third-order valence-corrected chi connectivity index (χ3v) is 5.43. The van der Waals surface area contributed by atoms with E-state index in [1.807, 2.05) is 13.0 Å². The molecule has 1 unspecified atom stereocenters. The van der Waals surface area contributed by atoms with Gasteiger partial charge >= 0.3 is 5.63 Å². The Balaban J connectivity index is 2.69. The van der Waals surface area contributed by atoms with Crippen LogP contribution in [0, 0.1) is 13.8 Å². The molecule has 1 N–H and O–H groups in total. The van der Waals surface area contributed by atoms with Crippen molar-refractivity contribution in [2.45, 2.75) is 25.1 Å². The lowest BCUT2D eigenvalue weighted by Crippen LogP contribution is -2.06. The van der Waals surface area contributed by atoms with Crippen molar-refractivity contribution in [2.75, 3.05) is 5.33 Å². The molecule has 0 fully saturated rings. The zero-order valence-electron chi connectivity index (χ0n) is 10.7. The molecule has 0 aliphatic rings. The fourth-order valence-electron chi connectivity index (χ4n) is 2.12. The zero-order chi connectivity index (χ0) is 14.2. The highest BCUT2D eigenvalue weighted by molar-refractivity contribution is 9.12. The van der Waals surface area contributed by atoms with Crippen molar-refractivity contribution in [3.05, 3.63) is 39.2 Å². The van der Waals surface area contributed by atoms with E-state index in [0.717, 1.165) is 21.8 Å². The molecule has 3 nitrogen and oxygen atoms in total. The highest BCUT2D eigenvalue weighted by Crippen LogP contribution is 2.33. The molecule has 0 saturated heterocycles. The molecule has 102 valence electrons.